The predicted octanol–water partition coefficient (Wildman–Crippen LogP) is 3.36. The van der Waals surface area contributed by atoms with E-state index in [0.717, 1.165) is 5.56 Å². The van der Waals surface area contributed by atoms with Gasteiger partial charge in [0.2, 0.25) is 5.95 Å². The molecule has 7 nitrogen and oxygen atoms in total. The lowest BCUT2D eigenvalue weighted by Gasteiger charge is -2.12. The maximum Gasteiger partial charge on any atom is 0.274 e. The van der Waals surface area contributed by atoms with Crippen molar-refractivity contribution in [2.45, 2.75) is 6.54 Å². The summed E-state index contributed by atoms with van der Waals surface area (Å²) in [7, 11) is 3.10. The Kier molecular flexibility index (Phi) is 5.84. The monoisotopic (exact) mass is 364 g/mol. The van der Waals surface area contributed by atoms with Crippen LogP contribution in [0.25, 0.3) is 0 Å². The molecule has 0 spiro atoms. The molecular formula is C20H20N4O3. The third-order valence-corrected chi connectivity index (χ3v) is 3.84. The van der Waals surface area contributed by atoms with Crippen LogP contribution in [0, 0.1) is 0 Å². The zero-order valence-electron chi connectivity index (χ0n) is 15.1. The Balaban J connectivity index is 1.70. The van der Waals surface area contributed by atoms with E-state index in [4.69, 9.17) is 9.47 Å². The smallest absolute Gasteiger partial charge is 0.274 e. The van der Waals surface area contributed by atoms with Crippen molar-refractivity contribution < 1.29 is 14.3 Å². The van der Waals surface area contributed by atoms with Crippen molar-refractivity contribution in [2.75, 3.05) is 24.9 Å². The molecule has 27 heavy (non-hydrogen) atoms. The third kappa shape index (κ3) is 4.72. The number of anilines is 2. The van der Waals surface area contributed by atoms with E-state index in [1.807, 2.05) is 30.3 Å². The molecule has 0 fully saturated rings. The molecule has 138 valence electrons. The summed E-state index contributed by atoms with van der Waals surface area (Å²) >= 11 is 0. The molecule has 1 heterocycles. The molecule has 0 aliphatic rings. The van der Waals surface area contributed by atoms with Crippen molar-refractivity contribution in [1.29, 1.82) is 0 Å². The zero-order chi connectivity index (χ0) is 19.1. The van der Waals surface area contributed by atoms with Gasteiger partial charge in [-0.05, 0) is 23.8 Å². The summed E-state index contributed by atoms with van der Waals surface area (Å²) in [5.41, 5.74) is 1.87. The topological polar surface area (TPSA) is 85.4 Å². The number of amides is 1. The average Bonchev–Trinajstić information content (AvgIpc) is 2.73. The molecule has 1 aromatic heterocycles. The Morgan fingerprint density at radius 2 is 1.85 bits per heavy atom. The van der Waals surface area contributed by atoms with E-state index in [9.17, 15) is 4.79 Å². The van der Waals surface area contributed by atoms with Crippen LogP contribution in [0.15, 0.2) is 60.8 Å². The van der Waals surface area contributed by atoms with Gasteiger partial charge in [-0.2, -0.15) is 0 Å². The lowest BCUT2D eigenvalue weighted by atomic mass is 10.2. The molecule has 0 bridgehead atoms. The maximum absolute atomic E-state index is 12.5. The minimum atomic E-state index is -0.358. The average molecular weight is 364 g/mol. The SMILES string of the molecule is COc1ccc(NC(=O)c2ccnc(NCc3ccccc3)n2)c(OC)c1. The number of rotatable bonds is 7. The summed E-state index contributed by atoms with van der Waals surface area (Å²) in [6, 6.07) is 16.6. The van der Waals surface area contributed by atoms with Gasteiger partial charge in [-0.15, -0.1) is 0 Å². The fourth-order valence-corrected chi connectivity index (χ4v) is 2.44. The highest BCUT2D eigenvalue weighted by Gasteiger charge is 2.13. The first-order valence-corrected chi connectivity index (χ1v) is 8.34. The van der Waals surface area contributed by atoms with Crippen molar-refractivity contribution in [1.82, 2.24) is 9.97 Å². The van der Waals surface area contributed by atoms with Gasteiger partial charge in [0, 0.05) is 18.8 Å². The molecule has 3 rings (SSSR count). The predicted molar refractivity (Wildman–Crippen MR) is 103 cm³/mol. The number of benzene rings is 2. The molecule has 1 amide bonds. The van der Waals surface area contributed by atoms with Crippen LogP contribution >= 0.6 is 0 Å². The fourth-order valence-electron chi connectivity index (χ4n) is 2.44. The summed E-state index contributed by atoms with van der Waals surface area (Å²) in [6.07, 6.45) is 1.54. The molecule has 7 heteroatoms. The highest BCUT2D eigenvalue weighted by atomic mass is 16.5. The zero-order valence-corrected chi connectivity index (χ0v) is 15.1. The molecule has 0 aliphatic heterocycles. The summed E-state index contributed by atoms with van der Waals surface area (Å²) in [4.78, 5) is 21.0. The van der Waals surface area contributed by atoms with Gasteiger partial charge in [-0.3, -0.25) is 4.79 Å². The molecule has 2 N–H and O–H groups in total. The molecular weight excluding hydrogens is 344 g/mol. The summed E-state index contributed by atoms with van der Waals surface area (Å²) in [5.74, 6) is 1.16. The van der Waals surface area contributed by atoms with Crippen LogP contribution in [0.5, 0.6) is 11.5 Å². The quantitative estimate of drug-likeness (QED) is 0.669. The van der Waals surface area contributed by atoms with E-state index in [0.29, 0.717) is 29.7 Å². The number of methoxy groups -OCH3 is 2. The van der Waals surface area contributed by atoms with Gasteiger partial charge in [0.1, 0.15) is 17.2 Å². The van der Waals surface area contributed by atoms with E-state index >= 15 is 0 Å². The molecule has 0 radical (unpaired) electrons. The van der Waals surface area contributed by atoms with Crippen LogP contribution < -0.4 is 20.1 Å². The van der Waals surface area contributed by atoms with Crippen molar-refractivity contribution in [3.63, 3.8) is 0 Å². The maximum atomic E-state index is 12.5. The molecule has 0 atom stereocenters. The lowest BCUT2D eigenvalue weighted by molar-refractivity contribution is 0.102. The Bertz CT molecular complexity index is 916. The van der Waals surface area contributed by atoms with Crippen LogP contribution in [-0.2, 0) is 6.54 Å². The molecule has 0 unspecified atom stereocenters. The number of carbonyl (C=O) groups is 1. The van der Waals surface area contributed by atoms with Crippen LogP contribution in [0.4, 0.5) is 11.6 Å². The molecule has 3 aromatic rings. The molecule has 0 saturated carbocycles. The molecule has 2 aromatic carbocycles. The standard InChI is InChI=1S/C20H20N4O3/c1-26-15-8-9-16(18(12-15)27-2)23-19(25)17-10-11-21-20(24-17)22-13-14-6-4-3-5-7-14/h3-12H,13H2,1-2H3,(H,23,25)(H,21,22,24). The van der Waals surface area contributed by atoms with Crippen molar-refractivity contribution >= 4 is 17.5 Å². The number of aromatic nitrogens is 2. The Hall–Kier alpha value is -3.61. The van der Waals surface area contributed by atoms with E-state index in [1.54, 1.807) is 37.6 Å². The first kappa shape index (κ1) is 18.2. The Morgan fingerprint density at radius 1 is 1.04 bits per heavy atom. The number of ether oxygens (including phenoxy) is 2. The van der Waals surface area contributed by atoms with Crippen LogP contribution in [0.3, 0.4) is 0 Å². The van der Waals surface area contributed by atoms with Gasteiger partial charge < -0.3 is 20.1 Å². The van der Waals surface area contributed by atoms with E-state index in [1.165, 1.54) is 7.11 Å². The third-order valence-electron chi connectivity index (χ3n) is 3.84. The van der Waals surface area contributed by atoms with Crippen molar-refractivity contribution in [2.24, 2.45) is 0 Å². The molecule has 0 aliphatic carbocycles. The molecule has 0 saturated heterocycles. The highest BCUT2D eigenvalue weighted by Crippen LogP contribution is 2.29. The van der Waals surface area contributed by atoms with Crippen LogP contribution in [-0.4, -0.2) is 30.1 Å². The van der Waals surface area contributed by atoms with E-state index in [2.05, 4.69) is 20.6 Å². The largest absolute Gasteiger partial charge is 0.497 e. The van der Waals surface area contributed by atoms with Gasteiger partial charge in [0.25, 0.3) is 5.91 Å². The minimum absolute atomic E-state index is 0.249. The van der Waals surface area contributed by atoms with Gasteiger partial charge in [0.05, 0.1) is 19.9 Å². The first-order chi connectivity index (χ1) is 13.2. The van der Waals surface area contributed by atoms with Crippen LogP contribution in [0.2, 0.25) is 0 Å². The number of nitrogens with zero attached hydrogens (tertiary/aromatic N) is 2. The van der Waals surface area contributed by atoms with E-state index in [-0.39, 0.29) is 11.6 Å². The number of carbonyl (C=O) groups excluding carboxylic acids is 1. The second kappa shape index (κ2) is 8.66. The van der Waals surface area contributed by atoms with Crippen LogP contribution in [0.1, 0.15) is 16.1 Å². The lowest BCUT2D eigenvalue weighted by Crippen LogP contribution is -2.16. The van der Waals surface area contributed by atoms with E-state index < -0.39 is 0 Å². The first-order valence-electron chi connectivity index (χ1n) is 8.34. The van der Waals surface area contributed by atoms with Gasteiger partial charge >= 0.3 is 0 Å². The summed E-state index contributed by atoms with van der Waals surface area (Å²) in [5, 5.41) is 5.91. The summed E-state index contributed by atoms with van der Waals surface area (Å²) < 4.78 is 10.5. The van der Waals surface area contributed by atoms with Gasteiger partial charge in [0.15, 0.2) is 0 Å². The second-order valence-corrected chi connectivity index (χ2v) is 5.62. The number of hydrogen-bond acceptors (Lipinski definition) is 6. The Morgan fingerprint density at radius 3 is 2.59 bits per heavy atom. The number of hydrogen-bond donors (Lipinski definition) is 2. The van der Waals surface area contributed by atoms with Gasteiger partial charge in [-0.1, -0.05) is 30.3 Å². The summed E-state index contributed by atoms with van der Waals surface area (Å²) in [6.45, 7) is 0.568. The number of nitrogens with one attached hydrogen (secondary N) is 2. The fraction of sp³-hybridized carbons (Fsp3) is 0.150. The normalized spacial score (nSPS) is 10.1. The van der Waals surface area contributed by atoms with Gasteiger partial charge in [-0.25, -0.2) is 9.97 Å². The highest BCUT2D eigenvalue weighted by molar-refractivity contribution is 6.03. The second-order valence-electron chi connectivity index (χ2n) is 5.62. The Labute approximate surface area is 157 Å². The van der Waals surface area contributed by atoms with Crippen molar-refractivity contribution in [3.05, 3.63) is 72.1 Å². The minimum Gasteiger partial charge on any atom is -0.497 e. The van der Waals surface area contributed by atoms with Crippen molar-refractivity contribution in [3.8, 4) is 11.5 Å².